The van der Waals surface area contributed by atoms with Crippen LogP contribution in [-0.2, 0) is 4.74 Å². The highest BCUT2D eigenvalue weighted by atomic mass is 16.5. The molecule has 0 aliphatic rings. The first-order chi connectivity index (χ1) is 10.7. The molecule has 22 heavy (non-hydrogen) atoms. The van der Waals surface area contributed by atoms with Gasteiger partial charge in [-0.1, -0.05) is 12.1 Å². The number of rotatable bonds is 8. The molecular weight excluding hydrogens is 290 g/mol. The summed E-state index contributed by atoms with van der Waals surface area (Å²) in [6.45, 7) is 2.57. The molecule has 8 nitrogen and oxygen atoms in total. The van der Waals surface area contributed by atoms with Gasteiger partial charge in [0, 0.05) is 13.1 Å². The molecule has 122 valence electrons. The van der Waals surface area contributed by atoms with Crippen LogP contribution in [0.25, 0.3) is 0 Å². The fourth-order valence-electron chi connectivity index (χ4n) is 1.50. The summed E-state index contributed by atoms with van der Waals surface area (Å²) in [6.07, 6.45) is -0.510. The van der Waals surface area contributed by atoms with Crippen LogP contribution in [0.4, 0.5) is 9.59 Å². The highest BCUT2D eigenvalue weighted by molar-refractivity contribution is 5.73. The zero-order chi connectivity index (χ0) is 16.2. The molecule has 1 aromatic rings. The van der Waals surface area contributed by atoms with Gasteiger partial charge in [-0.05, 0) is 19.1 Å². The van der Waals surface area contributed by atoms with Crippen molar-refractivity contribution in [2.75, 3.05) is 33.5 Å². The van der Waals surface area contributed by atoms with Crippen molar-refractivity contribution in [3.05, 3.63) is 24.3 Å². The van der Waals surface area contributed by atoms with Crippen molar-refractivity contribution in [2.45, 2.75) is 6.92 Å². The molecular formula is C14H21N3O5. The van der Waals surface area contributed by atoms with Gasteiger partial charge in [0.25, 0.3) is 0 Å². The Bertz CT molecular complexity index is 481. The third-order valence-electron chi connectivity index (χ3n) is 2.48. The Hall–Kier alpha value is -2.64. The van der Waals surface area contributed by atoms with Crippen LogP contribution in [0, 0.1) is 0 Å². The summed E-state index contributed by atoms with van der Waals surface area (Å²) < 4.78 is 15.2. The molecule has 1 rings (SSSR count). The molecule has 0 fully saturated rings. The SMILES string of the molecule is CCOC(=O)NCCNC(=O)NCOc1ccccc1OC. The average molecular weight is 311 g/mol. The number of alkyl carbamates (subject to hydrolysis) is 1. The quantitative estimate of drug-likeness (QED) is 0.493. The molecule has 0 unspecified atom stereocenters. The van der Waals surface area contributed by atoms with Crippen molar-refractivity contribution >= 4 is 12.1 Å². The van der Waals surface area contributed by atoms with Crippen molar-refractivity contribution in [3.63, 3.8) is 0 Å². The first kappa shape index (κ1) is 17.4. The summed E-state index contributed by atoms with van der Waals surface area (Å²) >= 11 is 0. The van der Waals surface area contributed by atoms with E-state index >= 15 is 0 Å². The Labute approximate surface area is 129 Å². The molecule has 1 aromatic carbocycles. The van der Waals surface area contributed by atoms with Gasteiger partial charge in [0.2, 0.25) is 0 Å². The van der Waals surface area contributed by atoms with E-state index in [0.29, 0.717) is 18.1 Å². The van der Waals surface area contributed by atoms with E-state index in [4.69, 9.17) is 9.47 Å². The predicted octanol–water partition coefficient (Wildman–Crippen LogP) is 1.08. The summed E-state index contributed by atoms with van der Waals surface area (Å²) in [6, 6.07) is 6.72. The standard InChI is InChI=1S/C14H21N3O5/c1-3-21-14(19)16-9-8-15-13(18)17-10-22-12-7-5-4-6-11(12)20-2/h4-7H,3,8-10H2,1-2H3,(H,16,19)(H2,15,17,18). The number of amides is 3. The number of carbonyl (C=O) groups excluding carboxylic acids is 2. The van der Waals surface area contributed by atoms with Crippen LogP contribution in [0.1, 0.15) is 6.92 Å². The van der Waals surface area contributed by atoms with Crippen molar-refractivity contribution in [2.24, 2.45) is 0 Å². The minimum Gasteiger partial charge on any atom is -0.493 e. The van der Waals surface area contributed by atoms with E-state index in [0.717, 1.165) is 0 Å². The van der Waals surface area contributed by atoms with Crippen LogP contribution in [0.2, 0.25) is 0 Å². The van der Waals surface area contributed by atoms with Gasteiger partial charge in [-0.15, -0.1) is 0 Å². The molecule has 0 aliphatic carbocycles. The molecule has 0 saturated carbocycles. The predicted molar refractivity (Wildman–Crippen MR) is 80.0 cm³/mol. The third kappa shape index (κ3) is 6.69. The first-order valence-electron chi connectivity index (χ1n) is 6.85. The van der Waals surface area contributed by atoms with E-state index in [-0.39, 0.29) is 19.8 Å². The Kier molecular flexibility index (Phi) is 8.02. The monoisotopic (exact) mass is 311 g/mol. The van der Waals surface area contributed by atoms with Gasteiger partial charge in [0.1, 0.15) is 0 Å². The summed E-state index contributed by atoms with van der Waals surface area (Å²) in [5.74, 6) is 1.12. The van der Waals surface area contributed by atoms with Crippen molar-refractivity contribution in [1.82, 2.24) is 16.0 Å². The fourth-order valence-corrected chi connectivity index (χ4v) is 1.50. The lowest BCUT2D eigenvalue weighted by molar-refractivity contribution is 0.152. The molecule has 0 saturated heterocycles. The number of benzene rings is 1. The summed E-state index contributed by atoms with van der Waals surface area (Å²) in [7, 11) is 1.54. The second kappa shape index (κ2) is 10.1. The van der Waals surface area contributed by atoms with Gasteiger partial charge in [-0.2, -0.15) is 0 Å². The zero-order valence-corrected chi connectivity index (χ0v) is 12.7. The van der Waals surface area contributed by atoms with Crippen LogP contribution >= 0.6 is 0 Å². The maximum Gasteiger partial charge on any atom is 0.407 e. The summed E-state index contributed by atoms with van der Waals surface area (Å²) in [5, 5.41) is 7.57. The van der Waals surface area contributed by atoms with Crippen molar-refractivity contribution in [1.29, 1.82) is 0 Å². The van der Waals surface area contributed by atoms with Gasteiger partial charge in [0.05, 0.1) is 13.7 Å². The first-order valence-corrected chi connectivity index (χ1v) is 6.85. The topological polar surface area (TPSA) is 97.9 Å². The molecule has 8 heteroatoms. The second-order valence-corrected chi connectivity index (χ2v) is 4.02. The lowest BCUT2D eigenvalue weighted by Gasteiger charge is -2.12. The minimum absolute atomic E-state index is 0.00247. The lowest BCUT2D eigenvalue weighted by Crippen LogP contribution is -2.41. The van der Waals surface area contributed by atoms with Crippen LogP contribution in [0.15, 0.2) is 24.3 Å². The maximum absolute atomic E-state index is 11.5. The molecule has 0 heterocycles. The number of nitrogens with one attached hydrogen (secondary N) is 3. The number of ether oxygens (including phenoxy) is 3. The van der Waals surface area contributed by atoms with E-state index in [1.54, 1.807) is 32.2 Å². The number of hydrogen-bond donors (Lipinski definition) is 3. The van der Waals surface area contributed by atoms with E-state index < -0.39 is 12.1 Å². The molecule has 3 N–H and O–H groups in total. The van der Waals surface area contributed by atoms with E-state index in [1.165, 1.54) is 0 Å². The molecule has 0 spiro atoms. The van der Waals surface area contributed by atoms with Crippen LogP contribution in [-0.4, -0.2) is 45.7 Å². The highest BCUT2D eigenvalue weighted by Gasteiger charge is 2.04. The molecule has 0 atom stereocenters. The summed E-state index contributed by atoms with van der Waals surface area (Å²) in [5.41, 5.74) is 0. The number of para-hydroxylation sites is 2. The largest absolute Gasteiger partial charge is 0.493 e. The minimum atomic E-state index is -0.510. The molecule has 0 radical (unpaired) electrons. The molecule has 3 amide bonds. The molecule has 0 aromatic heterocycles. The smallest absolute Gasteiger partial charge is 0.407 e. The van der Waals surface area contributed by atoms with E-state index in [9.17, 15) is 9.59 Å². The summed E-state index contributed by atoms with van der Waals surface area (Å²) in [4.78, 5) is 22.5. The average Bonchev–Trinajstić information content (AvgIpc) is 2.52. The Morgan fingerprint density at radius 1 is 1.05 bits per heavy atom. The Morgan fingerprint density at radius 2 is 1.73 bits per heavy atom. The van der Waals surface area contributed by atoms with Crippen LogP contribution in [0.3, 0.4) is 0 Å². The van der Waals surface area contributed by atoms with Gasteiger partial charge < -0.3 is 30.2 Å². The fraction of sp³-hybridized carbons (Fsp3) is 0.429. The van der Waals surface area contributed by atoms with Gasteiger partial charge in [0.15, 0.2) is 18.2 Å². The molecule has 0 aliphatic heterocycles. The Morgan fingerprint density at radius 3 is 2.41 bits per heavy atom. The van der Waals surface area contributed by atoms with Gasteiger partial charge in [-0.3, -0.25) is 0 Å². The lowest BCUT2D eigenvalue weighted by atomic mass is 10.3. The van der Waals surface area contributed by atoms with Crippen molar-refractivity contribution in [3.8, 4) is 11.5 Å². The number of urea groups is 1. The van der Waals surface area contributed by atoms with Crippen LogP contribution in [0.5, 0.6) is 11.5 Å². The Balaban J connectivity index is 2.14. The van der Waals surface area contributed by atoms with Crippen LogP contribution < -0.4 is 25.4 Å². The van der Waals surface area contributed by atoms with Crippen molar-refractivity contribution < 1.29 is 23.8 Å². The van der Waals surface area contributed by atoms with Gasteiger partial charge in [-0.25, -0.2) is 9.59 Å². The third-order valence-corrected chi connectivity index (χ3v) is 2.48. The molecule has 0 bridgehead atoms. The number of carbonyl (C=O) groups is 2. The number of hydrogen-bond acceptors (Lipinski definition) is 5. The normalized spacial score (nSPS) is 9.55. The maximum atomic E-state index is 11.5. The van der Waals surface area contributed by atoms with Gasteiger partial charge >= 0.3 is 12.1 Å². The second-order valence-electron chi connectivity index (χ2n) is 4.02. The van der Waals surface area contributed by atoms with E-state index in [2.05, 4.69) is 20.7 Å². The highest BCUT2D eigenvalue weighted by Crippen LogP contribution is 2.25. The van der Waals surface area contributed by atoms with E-state index in [1.807, 2.05) is 6.07 Å². The number of methoxy groups -OCH3 is 1. The zero-order valence-electron chi connectivity index (χ0n) is 12.7.